The maximum absolute atomic E-state index is 11.8. The number of likely N-dealkylation sites (tertiary alicyclic amines) is 1. The molecule has 96 valence electrons. The second kappa shape index (κ2) is 5.21. The zero-order valence-corrected chi connectivity index (χ0v) is 10.4. The second-order valence-corrected chi connectivity index (χ2v) is 4.83. The quantitative estimate of drug-likeness (QED) is 0.886. The van der Waals surface area contributed by atoms with Gasteiger partial charge in [0.1, 0.15) is 0 Å². The van der Waals surface area contributed by atoms with Gasteiger partial charge >= 0.3 is 5.97 Å². The van der Waals surface area contributed by atoms with Crippen molar-refractivity contribution in [3.8, 4) is 0 Å². The Bertz CT molecular complexity index is 453. The van der Waals surface area contributed by atoms with E-state index in [9.17, 15) is 9.59 Å². The SMILES string of the molecule is Cc1ccc(CN2CC(C(=O)O)CCC2=O)cc1. The average Bonchev–Trinajstić information content (AvgIpc) is 2.34. The molecule has 1 N–H and O–H groups in total. The summed E-state index contributed by atoms with van der Waals surface area (Å²) in [6.07, 6.45) is 0.793. The average molecular weight is 247 g/mol. The van der Waals surface area contributed by atoms with Crippen molar-refractivity contribution in [1.29, 1.82) is 0 Å². The number of benzene rings is 1. The minimum absolute atomic E-state index is 0.0491. The van der Waals surface area contributed by atoms with Crippen molar-refractivity contribution >= 4 is 11.9 Å². The summed E-state index contributed by atoms with van der Waals surface area (Å²) >= 11 is 0. The number of carbonyl (C=O) groups is 2. The van der Waals surface area contributed by atoms with E-state index in [0.29, 0.717) is 25.9 Å². The zero-order valence-electron chi connectivity index (χ0n) is 10.4. The normalized spacial score (nSPS) is 19.9. The Balaban J connectivity index is 2.04. The molecule has 2 rings (SSSR count). The molecule has 1 aromatic carbocycles. The number of nitrogens with zero attached hydrogens (tertiary/aromatic N) is 1. The molecule has 1 fully saturated rings. The Kier molecular flexibility index (Phi) is 3.65. The third kappa shape index (κ3) is 2.88. The first-order valence-corrected chi connectivity index (χ1v) is 6.12. The molecule has 0 saturated carbocycles. The molecule has 1 heterocycles. The molecule has 0 aliphatic carbocycles. The molecular weight excluding hydrogens is 230 g/mol. The number of aryl methyl sites for hydroxylation is 1. The van der Waals surface area contributed by atoms with Crippen LogP contribution in [-0.4, -0.2) is 28.4 Å². The number of carboxylic acid groups (broad SMARTS) is 1. The van der Waals surface area contributed by atoms with E-state index in [-0.39, 0.29) is 5.91 Å². The Hall–Kier alpha value is -1.84. The van der Waals surface area contributed by atoms with Crippen LogP contribution < -0.4 is 0 Å². The van der Waals surface area contributed by atoms with Gasteiger partial charge in [0.2, 0.25) is 5.91 Å². The number of rotatable bonds is 3. The standard InChI is InChI=1S/C14H17NO3/c1-10-2-4-11(5-3-10)8-15-9-12(14(17)18)6-7-13(15)16/h2-5,12H,6-9H2,1H3,(H,17,18). The van der Waals surface area contributed by atoms with E-state index in [0.717, 1.165) is 5.56 Å². The van der Waals surface area contributed by atoms with Gasteiger partial charge in [-0.05, 0) is 18.9 Å². The highest BCUT2D eigenvalue weighted by Crippen LogP contribution is 2.20. The Morgan fingerprint density at radius 1 is 1.39 bits per heavy atom. The molecule has 1 aliphatic rings. The van der Waals surface area contributed by atoms with Crippen molar-refractivity contribution in [1.82, 2.24) is 4.90 Å². The summed E-state index contributed by atoms with van der Waals surface area (Å²) < 4.78 is 0. The second-order valence-electron chi connectivity index (χ2n) is 4.83. The summed E-state index contributed by atoms with van der Waals surface area (Å²) in [4.78, 5) is 24.4. The number of amides is 1. The van der Waals surface area contributed by atoms with Crippen LogP contribution in [0.5, 0.6) is 0 Å². The van der Waals surface area contributed by atoms with E-state index < -0.39 is 11.9 Å². The third-order valence-electron chi connectivity index (χ3n) is 3.34. The minimum Gasteiger partial charge on any atom is -0.481 e. The largest absolute Gasteiger partial charge is 0.481 e. The first kappa shape index (κ1) is 12.6. The molecule has 0 radical (unpaired) electrons. The van der Waals surface area contributed by atoms with Crippen LogP contribution in [0.15, 0.2) is 24.3 Å². The number of hydrogen-bond donors (Lipinski definition) is 1. The van der Waals surface area contributed by atoms with Crippen molar-refractivity contribution in [2.24, 2.45) is 5.92 Å². The highest BCUT2D eigenvalue weighted by Gasteiger charge is 2.29. The van der Waals surface area contributed by atoms with Gasteiger partial charge in [-0.15, -0.1) is 0 Å². The van der Waals surface area contributed by atoms with Gasteiger partial charge in [0.15, 0.2) is 0 Å². The van der Waals surface area contributed by atoms with Gasteiger partial charge in [0.25, 0.3) is 0 Å². The van der Waals surface area contributed by atoms with Crippen LogP contribution >= 0.6 is 0 Å². The fourth-order valence-corrected chi connectivity index (χ4v) is 2.18. The molecule has 0 bridgehead atoms. The van der Waals surface area contributed by atoms with Crippen molar-refractivity contribution in [2.45, 2.75) is 26.3 Å². The van der Waals surface area contributed by atoms with E-state index in [4.69, 9.17) is 5.11 Å². The highest BCUT2D eigenvalue weighted by molar-refractivity contribution is 5.80. The Labute approximate surface area is 106 Å². The first-order chi connectivity index (χ1) is 8.56. The smallest absolute Gasteiger partial charge is 0.308 e. The van der Waals surface area contributed by atoms with Crippen molar-refractivity contribution in [3.05, 3.63) is 35.4 Å². The van der Waals surface area contributed by atoms with Crippen LogP contribution in [0.3, 0.4) is 0 Å². The molecule has 1 saturated heterocycles. The number of carboxylic acids is 1. The Morgan fingerprint density at radius 3 is 2.67 bits per heavy atom. The fourth-order valence-electron chi connectivity index (χ4n) is 2.18. The van der Waals surface area contributed by atoms with Gasteiger partial charge in [-0.3, -0.25) is 9.59 Å². The lowest BCUT2D eigenvalue weighted by Crippen LogP contribution is -2.41. The van der Waals surface area contributed by atoms with Gasteiger partial charge in [-0.25, -0.2) is 0 Å². The van der Waals surface area contributed by atoms with Crippen LogP contribution in [0.25, 0.3) is 0 Å². The third-order valence-corrected chi connectivity index (χ3v) is 3.34. The minimum atomic E-state index is -0.809. The van der Waals surface area contributed by atoms with Crippen LogP contribution in [0.4, 0.5) is 0 Å². The van der Waals surface area contributed by atoms with Gasteiger partial charge < -0.3 is 10.0 Å². The van der Waals surface area contributed by atoms with Gasteiger partial charge in [-0.2, -0.15) is 0 Å². The summed E-state index contributed by atoms with van der Waals surface area (Å²) in [5, 5.41) is 9.01. The van der Waals surface area contributed by atoms with E-state index in [1.807, 2.05) is 31.2 Å². The zero-order chi connectivity index (χ0) is 13.1. The monoisotopic (exact) mass is 247 g/mol. The molecule has 1 amide bonds. The molecule has 0 aromatic heterocycles. The molecule has 1 unspecified atom stereocenters. The molecule has 4 nitrogen and oxygen atoms in total. The van der Waals surface area contributed by atoms with Crippen LogP contribution in [-0.2, 0) is 16.1 Å². The molecule has 1 aliphatic heterocycles. The molecule has 4 heteroatoms. The molecule has 1 atom stereocenters. The van der Waals surface area contributed by atoms with Crippen molar-refractivity contribution < 1.29 is 14.7 Å². The van der Waals surface area contributed by atoms with E-state index >= 15 is 0 Å². The summed E-state index contributed by atoms with van der Waals surface area (Å²) in [6.45, 7) is 2.83. The Morgan fingerprint density at radius 2 is 2.06 bits per heavy atom. The van der Waals surface area contributed by atoms with Crippen molar-refractivity contribution in [3.63, 3.8) is 0 Å². The van der Waals surface area contributed by atoms with E-state index in [1.165, 1.54) is 5.56 Å². The molecular formula is C14H17NO3. The first-order valence-electron chi connectivity index (χ1n) is 6.12. The number of carbonyl (C=O) groups excluding carboxylic acids is 1. The van der Waals surface area contributed by atoms with Crippen molar-refractivity contribution in [2.75, 3.05) is 6.54 Å². The lowest BCUT2D eigenvalue weighted by molar-refractivity contribution is -0.147. The summed E-state index contributed by atoms with van der Waals surface area (Å²) in [7, 11) is 0. The summed E-state index contributed by atoms with van der Waals surface area (Å²) in [6, 6.07) is 7.96. The number of hydrogen-bond acceptors (Lipinski definition) is 2. The number of piperidine rings is 1. The van der Waals surface area contributed by atoms with Crippen LogP contribution in [0.2, 0.25) is 0 Å². The topological polar surface area (TPSA) is 57.6 Å². The number of aliphatic carboxylic acids is 1. The predicted octanol–water partition coefficient (Wildman–Crippen LogP) is 1.82. The molecule has 1 aromatic rings. The predicted molar refractivity (Wildman–Crippen MR) is 67.0 cm³/mol. The summed E-state index contributed by atoms with van der Waals surface area (Å²) in [5.74, 6) is -1.18. The summed E-state index contributed by atoms with van der Waals surface area (Å²) in [5.41, 5.74) is 2.21. The molecule has 18 heavy (non-hydrogen) atoms. The lowest BCUT2D eigenvalue weighted by Gasteiger charge is -2.30. The van der Waals surface area contributed by atoms with Gasteiger partial charge in [-0.1, -0.05) is 29.8 Å². The fraction of sp³-hybridized carbons (Fsp3) is 0.429. The van der Waals surface area contributed by atoms with Gasteiger partial charge in [0, 0.05) is 19.5 Å². The van der Waals surface area contributed by atoms with Crippen LogP contribution in [0, 0.1) is 12.8 Å². The van der Waals surface area contributed by atoms with E-state index in [1.54, 1.807) is 4.90 Å². The van der Waals surface area contributed by atoms with Crippen LogP contribution in [0.1, 0.15) is 24.0 Å². The molecule has 0 spiro atoms. The van der Waals surface area contributed by atoms with E-state index in [2.05, 4.69) is 0 Å². The highest BCUT2D eigenvalue weighted by atomic mass is 16.4. The van der Waals surface area contributed by atoms with Gasteiger partial charge in [0.05, 0.1) is 5.92 Å². The maximum atomic E-state index is 11.8. The lowest BCUT2D eigenvalue weighted by atomic mass is 9.97. The maximum Gasteiger partial charge on any atom is 0.308 e.